The number of amides is 2. The lowest BCUT2D eigenvalue weighted by atomic mass is 9.68. The first-order chi connectivity index (χ1) is 24.3. The molecule has 292 valence electrons. The van der Waals surface area contributed by atoms with Crippen LogP contribution in [-0.4, -0.2) is 83.3 Å². The molecule has 2 aliphatic heterocycles. The summed E-state index contributed by atoms with van der Waals surface area (Å²) in [7, 11) is 0. The van der Waals surface area contributed by atoms with Gasteiger partial charge in [0.15, 0.2) is 5.78 Å². The van der Waals surface area contributed by atoms with Gasteiger partial charge in [0.1, 0.15) is 5.78 Å². The highest BCUT2D eigenvalue weighted by Gasteiger charge is 2.85. The first-order valence-corrected chi connectivity index (χ1v) is 20.9. The van der Waals surface area contributed by atoms with Crippen LogP contribution in [0.15, 0.2) is 0 Å². The molecule has 2 spiro atoms. The van der Waals surface area contributed by atoms with Crippen molar-refractivity contribution in [3.05, 3.63) is 0 Å². The van der Waals surface area contributed by atoms with Gasteiger partial charge in [-0.1, -0.05) is 79.6 Å². The van der Waals surface area contributed by atoms with Gasteiger partial charge in [0.25, 0.3) is 5.91 Å². The van der Waals surface area contributed by atoms with Crippen molar-refractivity contribution >= 4 is 29.2 Å². The summed E-state index contributed by atoms with van der Waals surface area (Å²) in [6.07, 6.45) is 13.8. The molecular formula is C43H70N4O5. The third-order valence-electron chi connectivity index (χ3n) is 15.8. The molecule has 6 fully saturated rings. The summed E-state index contributed by atoms with van der Waals surface area (Å²) in [6, 6.07) is -0.656. The van der Waals surface area contributed by atoms with Crippen molar-refractivity contribution in [2.45, 2.75) is 163 Å². The van der Waals surface area contributed by atoms with Crippen LogP contribution in [0.5, 0.6) is 0 Å². The first kappa shape index (κ1) is 39.6. The molecule has 1 unspecified atom stereocenters. The van der Waals surface area contributed by atoms with Gasteiger partial charge in [-0.15, -0.1) is 0 Å². The van der Waals surface area contributed by atoms with Crippen LogP contribution in [0.2, 0.25) is 0 Å². The van der Waals surface area contributed by atoms with Gasteiger partial charge in [-0.05, 0) is 80.0 Å². The van der Waals surface area contributed by atoms with Gasteiger partial charge in [0, 0.05) is 74.8 Å². The number of fused-ring (bicyclic) bond motifs is 1. The number of likely N-dealkylation sites (tertiary alicyclic amines) is 1. The van der Waals surface area contributed by atoms with E-state index in [4.69, 9.17) is 5.73 Å². The molecule has 2 heterocycles. The summed E-state index contributed by atoms with van der Waals surface area (Å²) in [5.74, 6) is -2.65. The Hall–Kier alpha value is -2.13. The fourth-order valence-corrected chi connectivity index (χ4v) is 12.3. The highest BCUT2D eigenvalue weighted by Crippen LogP contribution is 2.88. The van der Waals surface area contributed by atoms with E-state index in [1.165, 1.54) is 12.8 Å². The van der Waals surface area contributed by atoms with E-state index in [1.54, 1.807) is 0 Å². The number of Topliss-reactive ketones (excluding diaryl/α,β-unsaturated/α-hetero) is 3. The summed E-state index contributed by atoms with van der Waals surface area (Å²) < 4.78 is 0. The van der Waals surface area contributed by atoms with Gasteiger partial charge < -0.3 is 16.0 Å². The van der Waals surface area contributed by atoms with Gasteiger partial charge in [-0.3, -0.25) is 28.9 Å². The maximum absolute atomic E-state index is 15.1. The Morgan fingerprint density at radius 1 is 0.846 bits per heavy atom. The normalized spacial score (nSPS) is 30.3. The minimum absolute atomic E-state index is 0.000858. The molecule has 0 bridgehead atoms. The number of rotatable bonds is 14. The molecule has 52 heavy (non-hydrogen) atoms. The lowest BCUT2D eigenvalue weighted by molar-refractivity contribution is -0.147. The largest absolute Gasteiger partial charge is 0.363 e. The van der Waals surface area contributed by atoms with E-state index in [1.807, 2.05) is 4.90 Å². The van der Waals surface area contributed by atoms with Gasteiger partial charge in [0.2, 0.25) is 11.7 Å². The van der Waals surface area contributed by atoms with Gasteiger partial charge in [-0.25, -0.2) is 0 Å². The molecule has 2 saturated heterocycles. The van der Waals surface area contributed by atoms with Crippen molar-refractivity contribution < 1.29 is 24.0 Å². The number of carbonyl (C=O) groups excluding carboxylic acids is 5. The van der Waals surface area contributed by atoms with E-state index in [2.05, 4.69) is 58.7 Å². The fraction of sp³-hybridized carbons (Fsp3) is 0.884. The first-order valence-electron chi connectivity index (χ1n) is 20.9. The van der Waals surface area contributed by atoms with Gasteiger partial charge in [-0.2, -0.15) is 0 Å². The molecule has 0 aromatic heterocycles. The molecule has 0 aromatic rings. The molecule has 4 atom stereocenters. The van der Waals surface area contributed by atoms with Crippen molar-refractivity contribution in [1.82, 2.24) is 15.1 Å². The van der Waals surface area contributed by atoms with Crippen LogP contribution in [-0.2, 0) is 24.0 Å². The Bertz CT molecular complexity index is 1410. The number of nitrogens with one attached hydrogen (secondary N) is 1. The predicted octanol–water partition coefficient (Wildman–Crippen LogP) is 6.25. The summed E-state index contributed by atoms with van der Waals surface area (Å²) in [6.45, 7) is 19.6. The van der Waals surface area contributed by atoms with Crippen molar-refractivity contribution in [3.63, 3.8) is 0 Å². The second-order valence-electron chi connectivity index (χ2n) is 20.9. The highest BCUT2D eigenvalue weighted by atomic mass is 16.2. The number of primary amides is 1. The Labute approximate surface area is 313 Å². The smallest absolute Gasteiger partial charge is 0.285 e. The maximum atomic E-state index is 15.1. The number of carbonyl (C=O) groups is 5. The topological polar surface area (TPSA) is 130 Å². The zero-order chi connectivity index (χ0) is 37.9. The predicted molar refractivity (Wildman–Crippen MR) is 203 cm³/mol. The number of hydrogen-bond donors (Lipinski definition) is 2. The fourth-order valence-electron chi connectivity index (χ4n) is 12.3. The average Bonchev–Trinajstić information content (AvgIpc) is 3.22. The van der Waals surface area contributed by atoms with Crippen LogP contribution < -0.4 is 11.1 Å². The minimum atomic E-state index is -0.979. The molecule has 2 amide bonds. The summed E-state index contributed by atoms with van der Waals surface area (Å²) in [5.41, 5.74) is 4.96. The molecular weight excluding hydrogens is 652 g/mol. The van der Waals surface area contributed by atoms with E-state index < -0.39 is 35.0 Å². The third-order valence-corrected chi connectivity index (χ3v) is 15.8. The lowest BCUT2D eigenvalue weighted by Crippen LogP contribution is -2.59. The average molecular weight is 723 g/mol. The third kappa shape index (κ3) is 7.20. The molecule has 4 saturated carbocycles. The van der Waals surface area contributed by atoms with Crippen molar-refractivity contribution in [1.29, 1.82) is 0 Å². The molecule has 0 radical (unpaired) electrons. The van der Waals surface area contributed by atoms with E-state index in [9.17, 15) is 19.2 Å². The molecule has 4 aliphatic carbocycles. The van der Waals surface area contributed by atoms with Gasteiger partial charge >= 0.3 is 0 Å². The van der Waals surface area contributed by atoms with Crippen molar-refractivity contribution in [2.24, 2.45) is 50.6 Å². The second kappa shape index (κ2) is 14.2. The summed E-state index contributed by atoms with van der Waals surface area (Å²) in [5, 5.41) is 3.62. The number of hydrogen-bond acceptors (Lipinski definition) is 7. The summed E-state index contributed by atoms with van der Waals surface area (Å²) >= 11 is 0. The highest BCUT2D eigenvalue weighted by molar-refractivity contribution is 6.36. The Kier molecular flexibility index (Phi) is 10.8. The minimum Gasteiger partial charge on any atom is -0.363 e. The Balaban J connectivity index is 1.23. The standard InChI is InChI=1S/C43H70N4O5/c1-38(2,3)32(23-31(48)24-41(15-9-8-10-16-41)27-46-20-19-45-39(4,5)26-46)37(52)47-28-43(40(6,7)42(43)17-12-18-42)25-33(47)34(49)22-30(35(50)36(44)51)21-29-13-11-14-29/h29-30,32-33,45H,8-28H2,1-7H3,(H2,44,51)/t30?,32-,33+,43-/m1/s1. The van der Waals surface area contributed by atoms with Crippen LogP contribution >= 0.6 is 0 Å². The zero-order valence-corrected chi connectivity index (χ0v) is 33.7. The second-order valence-corrected chi connectivity index (χ2v) is 20.9. The molecule has 9 nitrogen and oxygen atoms in total. The van der Waals surface area contributed by atoms with E-state index in [0.29, 0.717) is 31.7 Å². The monoisotopic (exact) mass is 723 g/mol. The number of piperazine rings is 1. The summed E-state index contributed by atoms with van der Waals surface area (Å²) in [4.78, 5) is 73.5. The van der Waals surface area contributed by atoms with Crippen LogP contribution in [0.1, 0.15) is 151 Å². The van der Waals surface area contributed by atoms with Gasteiger partial charge in [0.05, 0.1) is 6.04 Å². The number of nitrogens with two attached hydrogens (primary N) is 1. The van der Waals surface area contributed by atoms with Crippen LogP contribution in [0.4, 0.5) is 0 Å². The number of ketones is 3. The van der Waals surface area contributed by atoms with E-state index in [0.717, 1.165) is 84.0 Å². The molecule has 3 N–H and O–H groups in total. The van der Waals surface area contributed by atoms with Crippen molar-refractivity contribution in [2.75, 3.05) is 32.7 Å². The van der Waals surface area contributed by atoms with Crippen LogP contribution in [0.25, 0.3) is 0 Å². The van der Waals surface area contributed by atoms with E-state index >= 15 is 4.79 Å². The SMILES string of the molecule is CC1(C)CN(CC2(CC(=O)C[C@H](C(=O)N3C[C@]4(C[C@H]3C(=O)CC(CC3CCC3)C(=O)C(N)=O)C(C)(C)C43CCC3)C(C)(C)C)CCCCC2)CCN1. The zero-order valence-electron chi connectivity index (χ0n) is 33.7. The lowest BCUT2D eigenvalue weighted by Gasteiger charge is -2.46. The Morgan fingerprint density at radius 3 is 2.04 bits per heavy atom. The molecule has 9 heteroatoms. The van der Waals surface area contributed by atoms with E-state index in [-0.39, 0.29) is 57.5 Å². The Morgan fingerprint density at radius 2 is 1.52 bits per heavy atom. The molecule has 0 aromatic carbocycles. The number of nitrogens with zero attached hydrogens (tertiary/aromatic N) is 2. The maximum Gasteiger partial charge on any atom is 0.285 e. The van der Waals surface area contributed by atoms with Crippen LogP contribution in [0.3, 0.4) is 0 Å². The quantitative estimate of drug-likeness (QED) is 0.203. The molecule has 6 aliphatic rings. The van der Waals surface area contributed by atoms with Crippen molar-refractivity contribution in [3.8, 4) is 0 Å². The molecule has 6 rings (SSSR count). The van der Waals surface area contributed by atoms with Crippen LogP contribution in [0, 0.1) is 44.8 Å².